The number of carbonyl (C=O) groups is 1. The second-order valence-corrected chi connectivity index (χ2v) is 4.56. The Labute approximate surface area is 85.2 Å². The zero-order valence-electron chi connectivity index (χ0n) is 8.42. The number of likely N-dealkylation sites (tertiary alicyclic amines) is 1. The van der Waals surface area contributed by atoms with Gasteiger partial charge < -0.3 is 4.90 Å². The molecule has 0 N–H and O–H groups in total. The first-order valence-electron chi connectivity index (χ1n) is 4.97. The highest BCUT2D eigenvalue weighted by molar-refractivity contribution is 6.18. The molecular formula is C10H18ClNO. The van der Waals surface area contributed by atoms with Crippen molar-refractivity contribution in [1.29, 1.82) is 0 Å². The quantitative estimate of drug-likeness (QED) is 0.644. The minimum absolute atomic E-state index is 0.294. The predicted octanol–water partition coefficient (Wildman–Crippen LogP) is 2.12. The van der Waals surface area contributed by atoms with Gasteiger partial charge in [-0.05, 0) is 18.3 Å². The first-order valence-corrected chi connectivity index (χ1v) is 5.50. The largest absolute Gasteiger partial charge is 0.342 e. The minimum atomic E-state index is 0.294. The summed E-state index contributed by atoms with van der Waals surface area (Å²) in [4.78, 5) is 13.6. The molecule has 0 saturated carbocycles. The van der Waals surface area contributed by atoms with E-state index in [1.54, 1.807) is 0 Å². The van der Waals surface area contributed by atoms with Crippen molar-refractivity contribution in [2.24, 2.45) is 11.8 Å². The monoisotopic (exact) mass is 203 g/mol. The highest BCUT2D eigenvalue weighted by Crippen LogP contribution is 2.19. The van der Waals surface area contributed by atoms with Crippen LogP contribution in [0.2, 0.25) is 0 Å². The van der Waals surface area contributed by atoms with Crippen molar-refractivity contribution in [2.45, 2.75) is 26.7 Å². The van der Waals surface area contributed by atoms with E-state index in [1.807, 2.05) is 4.90 Å². The lowest BCUT2D eigenvalue weighted by molar-refractivity contribution is -0.131. The average Bonchev–Trinajstić information content (AvgIpc) is 2.50. The van der Waals surface area contributed by atoms with E-state index in [-0.39, 0.29) is 0 Å². The van der Waals surface area contributed by atoms with Gasteiger partial charge in [-0.15, -0.1) is 11.6 Å². The van der Waals surface area contributed by atoms with Gasteiger partial charge in [0.2, 0.25) is 5.91 Å². The van der Waals surface area contributed by atoms with Gasteiger partial charge in [0.15, 0.2) is 0 Å². The summed E-state index contributed by atoms with van der Waals surface area (Å²) in [6.07, 6.45) is 1.75. The van der Waals surface area contributed by atoms with Gasteiger partial charge in [0, 0.05) is 25.4 Å². The first-order chi connectivity index (χ1) is 6.13. The Bertz CT molecular complexity index is 182. The Morgan fingerprint density at radius 2 is 2.31 bits per heavy atom. The molecular weight excluding hydrogens is 186 g/mol. The molecule has 0 radical (unpaired) electrons. The Kier molecular flexibility index (Phi) is 4.04. The highest BCUT2D eigenvalue weighted by Gasteiger charge is 2.25. The Morgan fingerprint density at radius 3 is 2.77 bits per heavy atom. The van der Waals surface area contributed by atoms with Crippen molar-refractivity contribution >= 4 is 17.5 Å². The van der Waals surface area contributed by atoms with E-state index in [4.69, 9.17) is 11.6 Å². The van der Waals surface area contributed by atoms with Gasteiger partial charge in [0.05, 0.1) is 0 Å². The zero-order valence-corrected chi connectivity index (χ0v) is 9.18. The van der Waals surface area contributed by atoms with Crippen LogP contribution in [0.1, 0.15) is 26.7 Å². The molecule has 0 aliphatic carbocycles. The molecule has 0 aromatic carbocycles. The van der Waals surface area contributed by atoms with Crippen molar-refractivity contribution in [3.8, 4) is 0 Å². The van der Waals surface area contributed by atoms with E-state index in [2.05, 4.69) is 13.8 Å². The molecule has 1 aliphatic heterocycles. The second-order valence-electron chi connectivity index (χ2n) is 4.25. The predicted molar refractivity (Wildman–Crippen MR) is 54.9 cm³/mol. The molecule has 1 fully saturated rings. The molecule has 1 unspecified atom stereocenters. The Morgan fingerprint density at radius 1 is 1.62 bits per heavy atom. The summed E-state index contributed by atoms with van der Waals surface area (Å²) in [5.74, 6) is 1.97. The van der Waals surface area contributed by atoms with E-state index in [0.29, 0.717) is 30.0 Å². The van der Waals surface area contributed by atoms with Crippen molar-refractivity contribution in [1.82, 2.24) is 4.90 Å². The smallest absolute Gasteiger partial charge is 0.222 e. The molecule has 0 aromatic rings. The van der Waals surface area contributed by atoms with Crippen LogP contribution in [0.5, 0.6) is 0 Å². The number of carbonyl (C=O) groups excluding carboxylic acids is 1. The van der Waals surface area contributed by atoms with Gasteiger partial charge in [0.25, 0.3) is 0 Å². The lowest BCUT2D eigenvalue weighted by Gasteiger charge is -2.17. The maximum Gasteiger partial charge on any atom is 0.222 e. The lowest BCUT2D eigenvalue weighted by atomic mass is 10.1. The molecule has 1 heterocycles. The van der Waals surface area contributed by atoms with Crippen LogP contribution in [-0.2, 0) is 4.79 Å². The third-order valence-electron chi connectivity index (χ3n) is 2.44. The first kappa shape index (κ1) is 10.8. The SMILES string of the molecule is CC(C)CC(=O)N1CCC(CCl)C1. The van der Waals surface area contributed by atoms with Gasteiger partial charge in [-0.3, -0.25) is 4.79 Å². The number of halogens is 1. The Balaban J connectivity index is 2.33. The van der Waals surface area contributed by atoms with E-state index in [1.165, 1.54) is 0 Å². The van der Waals surface area contributed by atoms with E-state index in [0.717, 1.165) is 19.5 Å². The van der Waals surface area contributed by atoms with Gasteiger partial charge in [0.1, 0.15) is 0 Å². The van der Waals surface area contributed by atoms with Crippen molar-refractivity contribution in [2.75, 3.05) is 19.0 Å². The Hall–Kier alpha value is -0.240. The standard InChI is InChI=1S/C10H18ClNO/c1-8(2)5-10(13)12-4-3-9(6-11)7-12/h8-9H,3-7H2,1-2H3. The van der Waals surface area contributed by atoms with Crippen LogP contribution in [-0.4, -0.2) is 29.8 Å². The van der Waals surface area contributed by atoms with Crippen LogP contribution in [0.4, 0.5) is 0 Å². The van der Waals surface area contributed by atoms with Crippen LogP contribution in [0.15, 0.2) is 0 Å². The van der Waals surface area contributed by atoms with E-state index in [9.17, 15) is 4.79 Å². The van der Waals surface area contributed by atoms with Crippen LogP contribution < -0.4 is 0 Å². The third kappa shape index (κ3) is 3.18. The number of hydrogen-bond donors (Lipinski definition) is 0. The van der Waals surface area contributed by atoms with Crippen molar-refractivity contribution in [3.05, 3.63) is 0 Å². The molecule has 1 atom stereocenters. The summed E-state index contributed by atoms with van der Waals surface area (Å²) in [6.45, 7) is 5.93. The van der Waals surface area contributed by atoms with Crippen LogP contribution in [0.25, 0.3) is 0 Å². The molecule has 76 valence electrons. The maximum absolute atomic E-state index is 11.6. The number of nitrogens with zero attached hydrogens (tertiary/aromatic N) is 1. The molecule has 3 heteroatoms. The molecule has 0 aromatic heterocycles. The fourth-order valence-corrected chi connectivity index (χ4v) is 1.92. The lowest BCUT2D eigenvalue weighted by Crippen LogP contribution is -2.29. The molecule has 1 saturated heterocycles. The number of amides is 1. The summed E-state index contributed by atoms with van der Waals surface area (Å²) in [6, 6.07) is 0. The zero-order chi connectivity index (χ0) is 9.84. The van der Waals surface area contributed by atoms with Gasteiger partial charge in [-0.2, -0.15) is 0 Å². The van der Waals surface area contributed by atoms with Crippen LogP contribution in [0.3, 0.4) is 0 Å². The number of rotatable bonds is 3. The fraction of sp³-hybridized carbons (Fsp3) is 0.900. The summed E-state index contributed by atoms with van der Waals surface area (Å²) in [5, 5.41) is 0. The molecule has 1 rings (SSSR count). The van der Waals surface area contributed by atoms with Gasteiger partial charge in [-0.1, -0.05) is 13.8 Å². The van der Waals surface area contributed by atoms with Crippen LogP contribution >= 0.6 is 11.6 Å². The molecule has 13 heavy (non-hydrogen) atoms. The average molecular weight is 204 g/mol. The number of hydrogen-bond acceptors (Lipinski definition) is 1. The molecule has 2 nitrogen and oxygen atoms in total. The topological polar surface area (TPSA) is 20.3 Å². The van der Waals surface area contributed by atoms with Gasteiger partial charge in [-0.25, -0.2) is 0 Å². The maximum atomic E-state index is 11.6. The highest BCUT2D eigenvalue weighted by atomic mass is 35.5. The van der Waals surface area contributed by atoms with Crippen molar-refractivity contribution in [3.63, 3.8) is 0 Å². The molecule has 0 bridgehead atoms. The normalized spacial score (nSPS) is 22.8. The van der Waals surface area contributed by atoms with Crippen LogP contribution in [0, 0.1) is 11.8 Å². The van der Waals surface area contributed by atoms with E-state index < -0.39 is 0 Å². The minimum Gasteiger partial charge on any atom is -0.342 e. The summed E-state index contributed by atoms with van der Waals surface area (Å²) < 4.78 is 0. The summed E-state index contributed by atoms with van der Waals surface area (Å²) in [5.41, 5.74) is 0. The molecule has 1 amide bonds. The fourth-order valence-electron chi connectivity index (χ4n) is 1.66. The summed E-state index contributed by atoms with van der Waals surface area (Å²) in [7, 11) is 0. The molecule has 1 aliphatic rings. The molecule has 0 spiro atoms. The third-order valence-corrected chi connectivity index (χ3v) is 2.88. The van der Waals surface area contributed by atoms with Gasteiger partial charge >= 0.3 is 0 Å². The number of alkyl halides is 1. The second kappa shape index (κ2) is 4.85. The van der Waals surface area contributed by atoms with E-state index >= 15 is 0 Å². The van der Waals surface area contributed by atoms with Crippen molar-refractivity contribution < 1.29 is 4.79 Å². The summed E-state index contributed by atoms with van der Waals surface area (Å²) >= 11 is 5.75.